The second-order valence-corrected chi connectivity index (χ2v) is 6.79. The molecule has 2 aliphatic rings. The van der Waals surface area contributed by atoms with Gasteiger partial charge in [-0.2, -0.15) is 0 Å². The number of nitrogens with one attached hydrogen (secondary N) is 1. The van der Waals surface area contributed by atoms with Gasteiger partial charge in [-0.15, -0.1) is 0 Å². The SMILES string of the molecule is Cc1ccc(Cl)c2c1NC(=O)[C@@]2(O)CC(=O)c1ccc2c(c1)OCCO2. The lowest BCUT2D eigenvalue weighted by atomic mass is 9.87. The summed E-state index contributed by atoms with van der Waals surface area (Å²) in [6.07, 6.45) is -0.422. The van der Waals surface area contributed by atoms with Crippen molar-refractivity contribution < 1.29 is 24.2 Å². The lowest BCUT2D eigenvalue weighted by molar-refractivity contribution is -0.133. The van der Waals surface area contributed by atoms with Gasteiger partial charge in [-0.1, -0.05) is 17.7 Å². The molecule has 1 atom stereocenters. The molecular weight excluding hydrogens is 358 g/mol. The second-order valence-electron chi connectivity index (χ2n) is 6.39. The lowest BCUT2D eigenvalue weighted by Gasteiger charge is -2.22. The molecule has 134 valence electrons. The fraction of sp³-hybridized carbons (Fsp3) is 0.263. The number of fused-ring (bicyclic) bond motifs is 2. The minimum Gasteiger partial charge on any atom is -0.486 e. The number of hydrogen-bond acceptors (Lipinski definition) is 5. The molecule has 2 heterocycles. The van der Waals surface area contributed by atoms with E-state index in [1.807, 2.05) is 0 Å². The Labute approximate surface area is 154 Å². The summed E-state index contributed by atoms with van der Waals surface area (Å²) in [6.45, 7) is 2.65. The van der Waals surface area contributed by atoms with Gasteiger partial charge in [0.05, 0.1) is 12.1 Å². The van der Waals surface area contributed by atoms with E-state index in [-0.39, 0.29) is 10.6 Å². The van der Waals surface area contributed by atoms with Gasteiger partial charge in [-0.25, -0.2) is 0 Å². The second kappa shape index (κ2) is 6.00. The van der Waals surface area contributed by atoms with E-state index in [0.29, 0.717) is 36.0 Å². The van der Waals surface area contributed by atoms with Crippen LogP contribution in [0.15, 0.2) is 30.3 Å². The molecule has 7 heteroatoms. The number of hydrogen-bond donors (Lipinski definition) is 2. The van der Waals surface area contributed by atoms with Crippen molar-refractivity contribution in [2.24, 2.45) is 0 Å². The van der Waals surface area contributed by atoms with E-state index < -0.39 is 23.7 Å². The molecule has 0 bridgehead atoms. The van der Waals surface area contributed by atoms with Crippen molar-refractivity contribution in [2.45, 2.75) is 18.9 Å². The van der Waals surface area contributed by atoms with Crippen LogP contribution in [0.4, 0.5) is 5.69 Å². The molecule has 0 fully saturated rings. The molecule has 26 heavy (non-hydrogen) atoms. The summed E-state index contributed by atoms with van der Waals surface area (Å²) in [5, 5.41) is 13.9. The monoisotopic (exact) mass is 373 g/mol. The predicted molar refractivity (Wildman–Crippen MR) is 95.1 cm³/mol. The van der Waals surface area contributed by atoms with Crippen LogP contribution >= 0.6 is 11.6 Å². The Hall–Kier alpha value is -2.57. The number of aliphatic hydroxyl groups is 1. The van der Waals surface area contributed by atoms with E-state index in [1.54, 1.807) is 37.3 Å². The first-order valence-corrected chi connectivity index (χ1v) is 8.54. The van der Waals surface area contributed by atoms with Crippen LogP contribution in [0.1, 0.15) is 27.9 Å². The van der Waals surface area contributed by atoms with Crippen LogP contribution in [0.3, 0.4) is 0 Å². The molecule has 2 N–H and O–H groups in total. The molecule has 1 amide bonds. The molecule has 4 rings (SSSR count). The van der Waals surface area contributed by atoms with Gasteiger partial charge in [0.2, 0.25) is 0 Å². The number of amides is 1. The Morgan fingerprint density at radius 3 is 2.73 bits per heavy atom. The van der Waals surface area contributed by atoms with Gasteiger partial charge in [-0.3, -0.25) is 9.59 Å². The number of carbonyl (C=O) groups excluding carboxylic acids is 2. The Morgan fingerprint density at radius 2 is 1.96 bits per heavy atom. The highest BCUT2D eigenvalue weighted by Crippen LogP contribution is 2.45. The summed E-state index contributed by atoms with van der Waals surface area (Å²) in [4.78, 5) is 25.2. The average molecular weight is 374 g/mol. The molecule has 2 aromatic rings. The number of Topliss-reactive ketones (excluding diaryl/α,β-unsaturated/α-hetero) is 1. The summed E-state index contributed by atoms with van der Waals surface area (Å²) in [7, 11) is 0. The third-order valence-electron chi connectivity index (χ3n) is 4.67. The van der Waals surface area contributed by atoms with Gasteiger partial charge in [0, 0.05) is 16.1 Å². The van der Waals surface area contributed by atoms with Crippen LogP contribution in [0.25, 0.3) is 0 Å². The lowest BCUT2D eigenvalue weighted by Crippen LogP contribution is -2.36. The first-order chi connectivity index (χ1) is 12.4. The largest absolute Gasteiger partial charge is 0.486 e. The molecular formula is C19H16ClNO5. The van der Waals surface area contributed by atoms with E-state index in [2.05, 4.69) is 5.32 Å². The van der Waals surface area contributed by atoms with E-state index >= 15 is 0 Å². The highest BCUT2D eigenvalue weighted by atomic mass is 35.5. The summed E-state index contributed by atoms with van der Waals surface area (Å²) in [5.41, 5.74) is -0.217. The molecule has 2 aliphatic heterocycles. The maximum Gasteiger partial charge on any atom is 0.261 e. The van der Waals surface area contributed by atoms with Gasteiger partial charge >= 0.3 is 0 Å². The van der Waals surface area contributed by atoms with Gasteiger partial charge in [-0.05, 0) is 36.8 Å². The van der Waals surface area contributed by atoms with Crippen molar-refractivity contribution in [3.8, 4) is 11.5 Å². The molecule has 0 aromatic heterocycles. The van der Waals surface area contributed by atoms with Crippen LogP contribution < -0.4 is 14.8 Å². The Morgan fingerprint density at radius 1 is 1.23 bits per heavy atom. The minimum absolute atomic E-state index is 0.237. The molecule has 0 unspecified atom stereocenters. The van der Waals surface area contributed by atoms with E-state index in [0.717, 1.165) is 5.56 Å². The number of halogens is 1. The zero-order valence-electron chi connectivity index (χ0n) is 14.0. The zero-order valence-corrected chi connectivity index (χ0v) is 14.7. The van der Waals surface area contributed by atoms with Crippen molar-refractivity contribution in [3.05, 3.63) is 52.0 Å². The Bertz CT molecular complexity index is 942. The van der Waals surface area contributed by atoms with Gasteiger partial charge in [0.1, 0.15) is 13.2 Å². The topological polar surface area (TPSA) is 84.9 Å². The van der Waals surface area contributed by atoms with Crippen LogP contribution in [0.5, 0.6) is 11.5 Å². The third-order valence-corrected chi connectivity index (χ3v) is 4.99. The fourth-order valence-corrected chi connectivity index (χ4v) is 3.61. The van der Waals surface area contributed by atoms with Gasteiger partial charge < -0.3 is 19.9 Å². The maximum absolute atomic E-state index is 12.8. The van der Waals surface area contributed by atoms with E-state index in [9.17, 15) is 14.7 Å². The van der Waals surface area contributed by atoms with E-state index in [4.69, 9.17) is 21.1 Å². The van der Waals surface area contributed by atoms with Crippen molar-refractivity contribution >= 4 is 29.0 Å². The quantitative estimate of drug-likeness (QED) is 0.808. The average Bonchev–Trinajstić information content (AvgIpc) is 2.90. The van der Waals surface area contributed by atoms with Crippen LogP contribution in [0, 0.1) is 6.92 Å². The fourth-order valence-electron chi connectivity index (χ4n) is 3.30. The standard InChI is InChI=1S/C19H16ClNO5/c1-10-2-4-12(20)16-17(10)21-18(23)19(16,24)9-13(22)11-3-5-14-15(8-11)26-7-6-25-14/h2-5,8,24H,6-7,9H2,1H3,(H,21,23)/t19-/m1/s1. The van der Waals surface area contributed by atoms with E-state index in [1.165, 1.54) is 0 Å². The van der Waals surface area contributed by atoms with Crippen molar-refractivity contribution in [2.75, 3.05) is 18.5 Å². The molecule has 2 aromatic carbocycles. The molecule has 0 radical (unpaired) electrons. The highest BCUT2D eigenvalue weighted by molar-refractivity contribution is 6.33. The summed E-state index contributed by atoms with van der Waals surface area (Å²) in [6, 6.07) is 8.15. The number of aryl methyl sites for hydroxylation is 1. The first kappa shape index (κ1) is 16.9. The van der Waals surface area contributed by atoms with Gasteiger partial charge in [0.15, 0.2) is 22.9 Å². The smallest absolute Gasteiger partial charge is 0.261 e. The first-order valence-electron chi connectivity index (χ1n) is 8.16. The number of rotatable bonds is 3. The summed E-state index contributed by atoms with van der Waals surface area (Å²) >= 11 is 6.22. The number of ether oxygens (including phenoxy) is 2. The number of benzene rings is 2. The zero-order chi connectivity index (χ0) is 18.5. The maximum atomic E-state index is 12.8. The molecule has 0 aliphatic carbocycles. The third kappa shape index (κ3) is 2.53. The predicted octanol–water partition coefficient (Wildman–Crippen LogP) is 2.83. The van der Waals surface area contributed by atoms with Crippen LogP contribution in [-0.4, -0.2) is 30.0 Å². The normalized spacial score (nSPS) is 20.5. The highest BCUT2D eigenvalue weighted by Gasteiger charge is 2.48. The number of carbonyl (C=O) groups is 2. The Kier molecular flexibility index (Phi) is 3.89. The number of ketones is 1. The molecule has 0 saturated carbocycles. The number of anilines is 1. The van der Waals surface area contributed by atoms with Crippen LogP contribution in [0.2, 0.25) is 5.02 Å². The Balaban J connectivity index is 1.68. The molecule has 6 nitrogen and oxygen atoms in total. The van der Waals surface area contributed by atoms with Crippen molar-refractivity contribution in [1.29, 1.82) is 0 Å². The minimum atomic E-state index is -2.01. The molecule has 0 saturated heterocycles. The summed E-state index contributed by atoms with van der Waals surface area (Å²) < 4.78 is 10.9. The van der Waals surface area contributed by atoms with Crippen LogP contribution in [-0.2, 0) is 10.4 Å². The molecule has 0 spiro atoms. The van der Waals surface area contributed by atoms with Gasteiger partial charge in [0.25, 0.3) is 5.91 Å². The summed E-state index contributed by atoms with van der Waals surface area (Å²) in [5.74, 6) is -0.0204. The van der Waals surface area contributed by atoms with Crippen molar-refractivity contribution in [3.63, 3.8) is 0 Å². The van der Waals surface area contributed by atoms with Crippen molar-refractivity contribution in [1.82, 2.24) is 0 Å².